The van der Waals surface area contributed by atoms with E-state index in [1.54, 1.807) is 21.8 Å². The Morgan fingerprint density at radius 3 is 2.54 bits per heavy atom. The van der Waals surface area contributed by atoms with E-state index in [9.17, 15) is 0 Å². The minimum atomic E-state index is 0.836. The highest BCUT2D eigenvalue weighted by molar-refractivity contribution is 8.82. The van der Waals surface area contributed by atoms with Crippen molar-refractivity contribution in [1.82, 2.24) is 9.21 Å². The lowest BCUT2D eigenvalue weighted by Gasteiger charge is -2.25. The number of hydrogen-bond donors (Lipinski definition) is 0. The number of nitrogens with zero attached hydrogens (tertiary/aromatic N) is 2. The molecule has 0 aliphatic carbocycles. The van der Waals surface area contributed by atoms with Gasteiger partial charge in [0, 0.05) is 27.2 Å². The Labute approximate surface area is 92.7 Å². The van der Waals surface area contributed by atoms with Crippen LogP contribution in [0.4, 0.5) is 0 Å². The van der Waals surface area contributed by atoms with Crippen molar-refractivity contribution >= 4 is 38.3 Å². The van der Waals surface area contributed by atoms with Crippen molar-refractivity contribution in [3.63, 3.8) is 0 Å². The first-order valence-corrected chi connectivity index (χ1v) is 6.60. The standard InChI is InChI=1S/C7H14N2OS3/c1-8(2)7(11)12-13-9-3-5-10-6-4-9/h3-6H2,1-2H3. The lowest BCUT2D eigenvalue weighted by atomic mass is 10.5. The van der Waals surface area contributed by atoms with Crippen LogP contribution in [0, 0.1) is 0 Å². The molecule has 3 nitrogen and oxygen atoms in total. The highest BCUT2D eigenvalue weighted by atomic mass is 33.1. The fourth-order valence-corrected chi connectivity index (χ4v) is 3.07. The van der Waals surface area contributed by atoms with Crippen molar-refractivity contribution in [3.8, 4) is 0 Å². The molecule has 1 heterocycles. The van der Waals surface area contributed by atoms with Gasteiger partial charge in [0.1, 0.15) is 4.32 Å². The van der Waals surface area contributed by atoms with Gasteiger partial charge in [0.05, 0.1) is 13.2 Å². The van der Waals surface area contributed by atoms with Gasteiger partial charge in [-0.3, -0.25) is 0 Å². The minimum Gasteiger partial charge on any atom is -0.379 e. The highest BCUT2D eigenvalue weighted by Gasteiger charge is 2.12. The van der Waals surface area contributed by atoms with Gasteiger partial charge in [-0.05, 0) is 21.8 Å². The van der Waals surface area contributed by atoms with Gasteiger partial charge in [0.25, 0.3) is 0 Å². The molecule has 0 radical (unpaired) electrons. The third kappa shape index (κ3) is 4.51. The van der Waals surface area contributed by atoms with Crippen LogP contribution >= 0.6 is 34.0 Å². The zero-order valence-corrected chi connectivity index (χ0v) is 10.3. The largest absolute Gasteiger partial charge is 0.379 e. The molecule has 0 aromatic carbocycles. The summed E-state index contributed by atoms with van der Waals surface area (Å²) in [5.41, 5.74) is 0. The number of hydrogen-bond acceptors (Lipinski definition) is 5. The van der Waals surface area contributed by atoms with Crippen LogP contribution in [0.25, 0.3) is 0 Å². The molecule has 0 amide bonds. The van der Waals surface area contributed by atoms with Crippen molar-refractivity contribution in [2.75, 3.05) is 40.4 Å². The molecule has 1 rings (SSSR count). The molecule has 0 unspecified atom stereocenters. The highest BCUT2D eigenvalue weighted by Crippen LogP contribution is 2.28. The zero-order valence-electron chi connectivity index (χ0n) is 7.86. The molecule has 13 heavy (non-hydrogen) atoms. The maximum absolute atomic E-state index is 5.25. The zero-order chi connectivity index (χ0) is 9.68. The Kier molecular flexibility index (Phi) is 5.42. The normalized spacial score (nSPS) is 18.6. The minimum absolute atomic E-state index is 0.836. The smallest absolute Gasteiger partial charge is 0.147 e. The van der Waals surface area contributed by atoms with Gasteiger partial charge in [-0.25, -0.2) is 4.31 Å². The molecule has 0 saturated carbocycles. The third-order valence-electron chi connectivity index (χ3n) is 1.55. The summed E-state index contributed by atoms with van der Waals surface area (Å²) in [4.78, 5) is 1.95. The predicted molar refractivity (Wildman–Crippen MR) is 63.9 cm³/mol. The van der Waals surface area contributed by atoms with Gasteiger partial charge in [-0.15, -0.1) is 0 Å². The first-order chi connectivity index (χ1) is 6.20. The maximum atomic E-state index is 5.25. The summed E-state index contributed by atoms with van der Waals surface area (Å²) in [5.74, 6) is 0. The number of rotatable bonds is 2. The molecule has 0 aromatic rings. The second kappa shape index (κ2) is 6.08. The fourth-order valence-electron chi connectivity index (χ4n) is 0.780. The van der Waals surface area contributed by atoms with Crippen LogP contribution in [0.3, 0.4) is 0 Å². The molecule has 0 aromatic heterocycles. The van der Waals surface area contributed by atoms with E-state index in [1.165, 1.54) is 0 Å². The van der Waals surface area contributed by atoms with Crippen molar-refractivity contribution in [3.05, 3.63) is 0 Å². The Bertz CT molecular complexity index is 171. The number of morpholine rings is 1. The summed E-state index contributed by atoms with van der Waals surface area (Å²) in [6.45, 7) is 3.66. The molecule has 1 saturated heterocycles. The number of thiocarbonyl (C=S) groups is 1. The molecular weight excluding hydrogens is 224 g/mol. The predicted octanol–water partition coefficient (Wildman–Crippen LogP) is 1.46. The van der Waals surface area contributed by atoms with Crippen LogP contribution in [-0.2, 0) is 4.74 Å². The SMILES string of the molecule is CN(C)C(=S)SSN1CCOCC1. The molecule has 0 bridgehead atoms. The van der Waals surface area contributed by atoms with Crippen LogP contribution in [0.2, 0.25) is 0 Å². The fraction of sp³-hybridized carbons (Fsp3) is 0.857. The van der Waals surface area contributed by atoms with Crippen LogP contribution in [0.1, 0.15) is 0 Å². The molecular formula is C7H14N2OS3. The van der Waals surface area contributed by atoms with Crippen molar-refractivity contribution in [2.45, 2.75) is 0 Å². The average Bonchev–Trinajstić information content (AvgIpc) is 2.15. The van der Waals surface area contributed by atoms with Gasteiger partial charge in [0.15, 0.2) is 0 Å². The molecule has 0 atom stereocenters. The van der Waals surface area contributed by atoms with Gasteiger partial charge in [-0.2, -0.15) is 0 Å². The van der Waals surface area contributed by atoms with Gasteiger partial charge in [-0.1, -0.05) is 12.2 Å². The Morgan fingerprint density at radius 1 is 1.38 bits per heavy atom. The van der Waals surface area contributed by atoms with E-state index in [-0.39, 0.29) is 0 Å². The maximum Gasteiger partial charge on any atom is 0.147 e. The van der Waals surface area contributed by atoms with Crippen LogP contribution in [0.5, 0.6) is 0 Å². The summed E-state index contributed by atoms with van der Waals surface area (Å²) in [5, 5.41) is 0. The third-order valence-corrected chi connectivity index (χ3v) is 4.97. The molecule has 0 spiro atoms. The van der Waals surface area contributed by atoms with Crippen molar-refractivity contribution in [2.24, 2.45) is 0 Å². The van der Waals surface area contributed by atoms with E-state index in [0.717, 1.165) is 30.6 Å². The van der Waals surface area contributed by atoms with Crippen LogP contribution in [0.15, 0.2) is 0 Å². The van der Waals surface area contributed by atoms with Crippen molar-refractivity contribution < 1.29 is 4.74 Å². The molecule has 0 N–H and O–H groups in total. The summed E-state index contributed by atoms with van der Waals surface area (Å²) >= 11 is 5.16. The summed E-state index contributed by atoms with van der Waals surface area (Å²) < 4.78 is 8.44. The molecule has 6 heteroatoms. The lowest BCUT2D eigenvalue weighted by molar-refractivity contribution is 0.0779. The Morgan fingerprint density at radius 2 is 2.00 bits per heavy atom. The van der Waals surface area contributed by atoms with E-state index in [0.29, 0.717) is 0 Å². The lowest BCUT2D eigenvalue weighted by Crippen LogP contribution is -2.30. The van der Waals surface area contributed by atoms with Crippen LogP contribution < -0.4 is 0 Å². The van der Waals surface area contributed by atoms with Gasteiger partial charge >= 0.3 is 0 Å². The van der Waals surface area contributed by atoms with E-state index < -0.39 is 0 Å². The quantitative estimate of drug-likeness (QED) is 0.408. The van der Waals surface area contributed by atoms with Gasteiger partial charge < -0.3 is 9.64 Å². The summed E-state index contributed by atoms with van der Waals surface area (Å²) in [6.07, 6.45) is 0. The summed E-state index contributed by atoms with van der Waals surface area (Å²) in [6, 6.07) is 0. The van der Waals surface area contributed by atoms with E-state index in [2.05, 4.69) is 4.31 Å². The Hall–Kier alpha value is 0.510. The van der Waals surface area contributed by atoms with E-state index in [1.807, 2.05) is 19.0 Å². The second-order valence-corrected chi connectivity index (χ2v) is 5.67. The van der Waals surface area contributed by atoms with Gasteiger partial charge in [0.2, 0.25) is 0 Å². The van der Waals surface area contributed by atoms with E-state index in [4.69, 9.17) is 17.0 Å². The molecule has 1 aliphatic rings. The second-order valence-electron chi connectivity index (χ2n) is 2.86. The van der Waals surface area contributed by atoms with E-state index >= 15 is 0 Å². The molecule has 1 fully saturated rings. The first-order valence-electron chi connectivity index (χ1n) is 4.09. The monoisotopic (exact) mass is 238 g/mol. The summed E-state index contributed by atoms with van der Waals surface area (Å²) in [7, 11) is 7.29. The number of ether oxygens (including phenoxy) is 1. The average molecular weight is 238 g/mol. The molecule has 76 valence electrons. The Balaban J connectivity index is 2.13. The molecule has 1 aliphatic heterocycles. The van der Waals surface area contributed by atoms with Crippen LogP contribution in [-0.4, -0.2) is 53.9 Å². The first kappa shape index (κ1) is 11.6. The van der Waals surface area contributed by atoms with Crippen molar-refractivity contribution in [1.29, 1.82) is 0 Å². The topological polar surface area (TPSA) is 15.7 Å².